The molecule has 1 fully saturated rings. The van der Waals surface area contributed by atoms with Gasteiger partial charge in [0.1, 0.15) is 18.0 Å². The zero-order chi connectivity index (χ0) is 16.3. The molecule has 0 aromatic heterocycles. The summed E-state index contributed by atoms with van der Waals surface area (Å²) in [7, 11) is 0. The third-order valence-electron chi connectivity index (χ3n) is 4.87. The molecular formula is C19H28O3. The van der Waals surface area contributed by atoms with Crippen LogP contribution in [-0.4, -0.2) is 18.2 Å². The number of unbranched alkanes of at least 4 members (excludes halogenated alkanes) is 1. The summed E-state index contributed by atoms with van der Waals surface area (Å²) in [4.78, 5) is 11.3. The lowest BCUT2D eigenvalue weighted by molar-refractivity contribution is -0.147. The first kappa shape index (κ1) is 16.9. The lowest BCUT2D eigenvalue weighted by Crippen LogP contribution is -2.23. The van der Waals surface area contributed by atoms with Gasteiger partial charge in [0.25, 0.3) is 0 Å². The summed E-state index contributed by atoms with van der Waals surface area (Å²) in [5.74, 6) is 1.28. The normalized spacial score (nSPS) is 31.0. The van der Waals surface area contributed by atoms with Crippen molar-refractivity contribution in [2.75, 3.05) is 0 Å². The highest BCUT2D eigenvalue weighted by Crippen LogP contribution is 2.49. The zero-order valence-electron chi connectivity index (χ0n) is 14.2. The molecule has 0 amide bonds. The number of hydrogen-bond acceptors (Lipinski definition) is 3. The third-order valence-corrected chi connectivity index (χ3v) is 4.87. The van der Waals surface area contributed by atoms with Crippen LogP contribution in [0.25, 0.3) is 0 Å². The molecule has 0 saturated heterocycles. The van der Waals surface area contributed by atoms with Gasteiger partial charge in [0, 0.05) is 25.2 Å². The lowest BCUT2D eigenvalue weighted by Gasteiger charge is -2.20. The molecule has 122 valence electrons. The average molecular weight is 304 g/mol. The van der Waals surface area contributed by atoms with Crippen LogP contribution in [0.3, 0.4) is 0 Å². The van der Waals surface area contributed by atoms with E-state index in [2.05, 4.69) is 33.4 Å². The molecule has 2 rings (SSSR count). The molecule has 22 heavy (non-hydrogen) atoms. The highest BCUT2D eigenvalue weighted by molar-refractivity contribution is 5.66. The van der Waals surface area contributed by atoms with Gasteiger partial charge in [-0.25, -0.2) is 0 Å². The highest BCUT2D eigenvalue weighted by atomic mass is 16.5. The molecular weight excluding hydrogens is 276 g/mol. The number of rotatable bonds is 6. The molecule has 0 N–H and O–H groups in total. The minimum Gasteiger partial charge on any atom is -0.489 e. The second-order valence-corrected chi connectivity index (χ2v) is 6.31. The van der Waals surface area contributed by atoms with Crippen LogP contribution >= 0.6 is 0 Å². The number of esters is 1. The number of fused-ring (bicyclic) bond motifs is 1. The lowest BCUT2D eigenvalue weighted by atomic mass is 9.87. The van der Waals surface area contributed by atoms with Gasteiger partial charge in [-0.3, -0.25) is 4.79 Å². The minimum absolute atomic E-state index is 0.105. The monoisotopic (exact) mass is 304 g/mol. The van der Waals surface area contributed by atoms with Crippen molar-refractivity contribution in [3.8, 4) is 0 Å². The van der Waals surface area contributed by atoms with E-state index in [-0.39, 0.29) is 30.0 Å². The van der Waals surface area contributed by atoms with Crippen molar-refractivity contribution in [2.45, 2.75) is 65.6 Å². The Hall–Kier alpha value is -1.51. The Kier molecular flexibility index (Phi) is 5.49. The summed E-state index contributed by atoms with van der Waals surface area (Å²) < 4.78 is 11.7. The maximum absolute atomic E-state index is 11.3. The Morgan fingerprint density at radius 2 is 2.23 bits per heavy atom. The van der Waals surface area contributed by atoms with Gasteiger partial charge in [-0.15, -0.1) is 6.58 Å². The predicted molar refractivity (Wildman–Crippen MR) is 88.2 cm³/mol. The van der Waals surface area contributed by atoms with Crippen molar-refractivity contribution >= 4 is 5.97 Å². The quantitative estimate of drug-likeness (QED) is 0.533. The van der Waals surface area contributed by atoms with Crippen LogP contribution in [0.1, 0.15) is 53.4 Å². The van der Waals surface area contributed by atoms with E-state index in [1.165, 1.54) is 30.9 Å². The summed E-state index contributed by atoms with van der Waals surface area (Å²) in [6.45, 7) is 11.9. The second-order valence-electron chi connectivity index (χ2n) is 6.31. The van der Waals surface area contributed by atoms with Crippen LogP contribution in [0, 0.1) is 11.8 Å². The van der Waals surface area contributed by atoms with Crippen LogP contribution in [0.15, 0.2) is 35.6 Å². The van der Waals surface area contributed by atoms with Gasteiger partial charge in [-0.2, -0.15) is 0 Å². The number of allylic oxidation sites excluding steroid dienone is 2. The second kappa shape index (κ2) is 7.17. The first-order chi connectivity index (χ1) is 10.5. The maximum atomic E-state index is 11.3. The maximum Gasteiger partial charge on any atom is 0.302 e. The number of hydrogen-bond donors (Lipinski definition) is 0. The van der Waals surface area contributed by atoms with Crippen molar-refractivity contribution < 1.29 is 14.3 Å². The molecule has 1 aliphatic heterocycles. The van der Waals surface area contributed by atoms with Crippen molar-refractivity contribution in [1.29, 1.82) is 0 Å². The Bertz CT molecular complexity index is 501. The fraction of sp³-hybridized carbons (Fsp3) is 0.632. The molecule has 4 unspecified atom stereocenters. The molecule has 3 nitrogen and oxygen atoms in total. The summed E-state index contributed by atoms with van der Waals surface area (Å²) in [6.07, 6.45) is 8.27. The fourth-order valence-corrected chi connectivity index (χ4v) is 3.82. The van der Waals surface area contributed by atoms with E-state index < -0.39 is 0 Å². The number of carbonyl (C=O) groups is 1. The predicted octanol–water partition coefficient (Wildman–Crippen LogP) is 4.55. The van der Waals surface area contributed by atoms with Crippen LogP contribution in [0.4, 0.5) is 0 Å². The topological polar surface area (TPSA) is 35.5 Å². The molecule has 3 heteroatoms. The summed E-state index contributed by atoms with van der Waals surface area (Å²) in [5, 5.41) is 0. The first-order valence-corrected chi connectivity index (χ1v) is 8.36. The van der Waals surface area contributed by atoms with E-state index in [4.69, 9.17) is 9.47 Å². The van der Waals surface area contributed by atoms with E-state index in [0.717, 1.165) is 18.6 Å². The Labute approximate surface area is 134 Å². The number of ether oxygens (including phenoxy) is 2. The van der Waals surface area contributed by atoms with Gasteiger partial charge < -0.3 is 9.47 Å². The van der Waals surface area contributed by atoms with Crippen molar-refractivity contribution in [2.24, 2.45) is 11.8 Å². The van der Waals surface area contributed by atoms with E-state index >= 15 is 0 Å². The van der Waals surface area contributed by atoms with Gasteiger partial charge in [0.2, 0.25) is 0 Å². The standard InChI is InChI=1S/C19H28O3/c1-6-9-10-14(7-2)19-12(4)18-15(8-3)16(21-13(5)20)11-17(18)22-19/h7-8,15-18H,3,6,9-11H2,1-2,4-5H3. The van der Waals surface area contributed by atoms with Gasteiger partial charge in [0.15, 0.2) is 0 Å². The molecule has 2 aliphatic rings. The molecule has 1 heterocycles. The van der Waals surface area contributed by atoms with Crippen molar-refractivity contribution in [1.82, 2.24) is 0 Å². The Morgan fingerprint density at radius 3 is 2.77 bits per heavy atom. The largest absolute Gasteiger partial charge is 0.489 e. The molecule has 0 aromatic rings. The molecule has 1 saturated carbocycles. The van der Waals surface area contributed by atoms with E-state index in [1.54, 1.807) is 0 Å². The van der Waals surface area contributed by atoms with Gasteiger partial charge in [-0.05, 0) is 37.8 Å². The highest BCUT2D eigenvalue weighted by Gasteiger charge is 2.50. The number of carbonyl (C=O) groups excluding carboxylic acids is 1. The van der Waals surface area contributed by atoms with E-state index in [0.29, 0.717) is 0 Å². The molecule has 0 radical (unpaired) electrons. The minimum atomic E-state index is -0.226. The zero-order valence-corrected chi connectivity index (χ0v) is 14.2. The third kappa shape index (κ3) is 3.13. The van der Waals surface area contributed by atoms with Crippen LogP contribution in [0.2, 0.25) is 0 Å². The Balaban J connectivity index is 2.21. The van der Waals surface area contributed by atoms with Gasteiger partial charge >= 0.3 is 5.97 Å². The molecule has 0 bridgehead atoms. The van der Waals surface area contributed by atoms with Gasteiger partial charge in [-0.1, -0.05) is 25.5 Å². The van der Waals surface area contributed by atoms with Gasteiger partial charge in [0.05, 0.1) is 0 Å². The fourth-order valence-electron chi connectivity index (χ4n) is 3.82. The van der Waals surface area contributed by atoms with Crippen molar-refractivity contribution in [3.63, 3.8) is 0 Å². The van der Waals surface area contributed by atoms with Crippen LogP contribution < -0.4 is 0 Å². The smallest absolute Gasteiger partial charge is 0.302 e. The SMILES string of the molecule is C=CC1C(OC(C)=O)CC2OC(C(=CC)CCCC)=C(C)C21. The molecule has 0 spiro atoms. The molecule has 4 atom stereocenters. The molecule has 0 aromatic carbocycles. The molecule has 1 aliphatic carbocycles. The van der Waals surface area contributed by atoms with Crippen LogP contribution in [0.5, 0.6) is 0 Å². The summed E-state index contributed by atoms with van der Waals surface area (Å²) in [5.41, 5.74) is 2.59. The average Bonchev–Trinajstić information content (AvgIpc) is 2.96. The van der Waals surface area contributed by atoms with Crippen LogP contribution in [-0.2, 0) is 14.3 Å². The van der Waals surface area contributed by atoms with Crippen molar-refractivity contribution in [3.05, 3.63) is 35.6 Å². The first-order valence-electron chi connectivity index (χ1n) is 8.36. The van der Waals surface area contributed by atoms with E-state index in [9.17, 15) is 4.79 Å². The Morgan fingerprint density at radius 1 is 1.50 bits per heavy atom. The summed E-state index contributed by atoms with van der Waals surface area (Å²) >= 11 is 0. The summed E-state index contributed by atoms with van der Waals surface area (Å²) in [6, 6.07) is 0. The van der Waals surface area contributed by atoms with E-state index in [1.807, 2.05) is 6.08 Å².